The van der Waals surface area contributed by atoms with Gasteiger partial charge in [-0.05, 0) is 25.1 Å². The van der Waals surface area contributed by atoms with Gasteiger partial charge in [-0.3, -0.25) is 4.90 Å². The fourth-order valence-corrected chi connectivity index (χ4v) is 4.07. The second-order valence-electron chi connectivity index (χ2n) is 7.66. The molecule has 0 aliphatic carbocycles. The molecule has 0 saturated heterocycles. The van der Waals surface area contributed by atoms with Crippen molar-refractivity contribution in [3.63, 3.8) is 0 Å². The van der Waals surface area contributed by atoms with E-state index in [4.69, 9.17) is 9.84 Å². The van der Waals surface area contributed by atoms with Crippen LogP contribution < -0.4 is 0 Å². The first kappa shape index (κ1) is 21.1. The minimum absolute atomic E-state index is 0.184. The van der Waals surface area contributed by atoms with Crippen molar-refractivity contribution in [1.82, 2.24) is 19.6 Å². The fraction of sp³-hybridized carbons (Fsp3) is 0.333. The lowest BCUT2D eigenvalue weighted by Crippen LogP contribution is -2.33. The maximum absolute atomic E-state index is 14.2. The van der Waals surface area contributed by atoms with E-state index in [2.05, 4.69) is 4.90 Å². The summed E-state index contributed by atoms with van der Waals surface area (Å²) in [5.74, 6) is -0.184. The van der Waals surface area contributed by atoms with Crippen molar-refractivity contribution in [1.29, 1.82) is 0 Å². The number of rotatable bonds is 6. The summed E-state index contributed by atoms with van der Waals surface area (Å²) in [4.78, 5) is 16.0. The highest BCUT2D eigenvalue weighted by Crippen LogP contribution is 2.27. The lowest BCUT2D eigenvalue weighted by atomic mass is 10.0. The molecule has 0 atom stereocenters. The highest BCUT2D eigenvalue weighted by atomic mass is 19.1. The Hall–Kier alpha value is -3.19. The molecule has 6 nitrogen and oxygen atoms in total. The van der Waals surface area contributed by atoms with Crippen LogP contribution in [0.25, 0.3) is 5.69 Å². The number of halogens is 1. The average molecular weight is 423 g/mol. The summed E-state index contributed by atoms with van der Waals surface area (Å²) in [5, 5.41) is 4.89. The summed E-state index contributed by atoms with van der Waals surface area (Å²) < 4.78 is 21.1. The number of carbonyl (C=O) groups excluding carboxylic acids is 1. The van der Waals surface area contributed by atoms with Gasteiger partial charge in [-0.2, -0.15) is 5.10 Å². The first-order chi connectivity index (χ1) is 15.1. The molecule has 1 aliphatic heterocycles. The van der Waals surface area contributed by atoms with Crippen molar-refractivity contribution >= 4 is 6.09 Å². The zero-order valence-electron chi connectivity index (χ0n) is 17.9. The van der Waals surface area contributed by atoms with E-state index in [1.54, 1.807) is 11.0 Å². The second kappa shape index (κ2) is 9.31. The second-order valence-corrected chi connectivity index (χ2v) is 7.66. The maximum atomic E-state index is 14.2. The van der Waals surface area contributed by atoms with Gasteiger partial charge in [0.1, 0.15) is 5.82 Å². The lowest BCUT2D eigenvalue weighted by Gasteiger charge is -2.28. The van der Waals surface area contributed by atoms with Gasteiger partial charge in [0.2, 0.25) is 0 Å². The number of para-hydroxylation sites is 1. The molecule has 2 aromatic carbocycles. The van der Waals surface area contributed by atoms with E-state index in [1.807, 2.05) is 54.1 Å². The van der Waals surface area contributed by atoms with Gasteiger partial charge in [0.15, 0.2) is 0 Å². The number of amides is 1. The zero-order chi connectivity index (χ0) is 21.8. The molecule has 1 aromatic heterocycles. The van der Waals surface area contributed by atoms with E-state index in [0.29, 0.717) is 31.7 Å². The molecule has 0 unspecified atom stereocenters. The summed E-state index contributed by atoms with van der Waals surface area (Å²) in [5.41, 5.74) is 4.78. The number of fused-ring (bicyclic) bond motifs is 1. The van der Waals surface area contributed by atoms with Gasteiger partial charge in [-0.1, -0.05) is 36.4 Å². The first-order valence-corrected chi connectivity index (χ1v) is 10.5. The molecule has 1 amide bonds. The van der Waals surface area contributed by atoms with Gasteiger partial charge in [-0.25, -0.2) is 13.9 Å². The van der Waals surface area contributed by atoms with Crippen LogP contribution in [0, 0.1) is 5.82 Å². The van der Waals surface area contributed by atoms with Gasteiger partial charge in [0, 0.05) is 43.7 Å². The van der Waals surface area contributed by atoms with E-state index < -0.39 is 0 Å². The van der Waals surface area contributed by atoms with Crippen LogP contribution >= 0.6 is 0 Å². The van der Waals surface area contributed by atoms with Crippen LogP contribution in [0.15, 0.2) is 54.6 Å². The molecule has 7 heteroatoms. The normalized spacial score (nSPS) is 13.6. The standard InChI is InChI=1S/C24H27FN4O2/c1-3-28(24(30)31-2)17-22-20-16-27(15-18-9-7-8-12-21(18)25)14-13-23(20)29(26-22)19-10-5-4-6-11-19/h4-12H,3,13-17H2,1-2H3. The number of hydrogen-bond acceptors (Lipinski definition) is 4. The molecule has 162 valence electrons. The van der Waals surface area contributed by atoms with Crippen molar-refractivity contribution in [2.24, 2.45) is 0 Å². The first-order valence-electron chi connectivity index (χ1n) is 10.5. The maximum Gasteiger partial charge on any atom is 0.409 e. The monoisotopic (exact) mass is 422 g/mol. The Labute approximate surface area is 181 Å². The number of hydrogen-bond donors (Lipinski definition) is 0. The van der Waals surface area contributed by atoms with Gasteiger partial charge >= 0.3 is 6.09 Å². The summed E-state index contributed by atoms with van der Waals surface area (Å²) in [6.07, 6.45) is 0.431. The van der Waals surface area contributed by atoms with Gasteiger partial charge in [-0.15, -0.1) is 0 Å². The molecular weight excluding hydrogens is 395 g/mol. The summed E-state index contributed by atoms with van der Waals surface area (Å²) in [7, 11) is 1.39. The highest BCUT2D eigenvalue weighted by Gasteiger charge is 2.27. The molecule has 0 radical (unpaired) electrons. The largest absolute Gasteiger partial charge is 0.453 e. The van der Waals surface area contributed by atoms with Crippen LogP contribution in [0.2, 0.25) is 0 Å². The third kappa shape index (κ3) is 4.46. The Kier molecular flexibility index (Phi) is 6.32. The quantitative estimate of drug-likeness (QED) is 0.599. The lowest BCUT2D eigenvalue weighted by molar-refractivity contribution is 0.122. The highest BCUT2D eigenvalue weighted by molar-refractivity contribution is 5.67. The average Bonchev–Trinajstić information content (AvgIpc) is 3.16. The van der Waals surface area contributed by atoms with Crippen molar-refractivity contribution in [3.05, 3.63) is 82.9 Å². The van der Waals surface area contributed by atoms with Crippen LogP contribution in [0.4, 0.5) is 9.18 Å². The van der Waals surface area contributed by atoms with Crippen molar-refractivity contribution in [2.75, 3.05) is 20.2 Å². The van der Waals surface area contributed by atoms with Crippen LogP contribution in [0.3, 0.4) is 0 Å². The molecule has 31 heavy (non-hydrogen) atoms. The molecular formula is C24H27FN4O2. The molecule has 3 aromatic rings. The number of carbonyl (C=O) groups is 1. The van der Waals surface area contributed by atoms with Crippen LogP contribution in [-0.4, -0.2) is 45.9 Å². The molecule has 0 saturated carbocycles. The SMILES string of the molecule is CCN(Cc1nn(-c2ccccc2)c2c1CN(Cc1ccccc1F)CC2)C(=O)OC. The van der Waals surface area contributed by atoms with Crippen LogP contribution in [-0.2, 0) is 30.8 Å². The molecule has 0 spiro atoms. The molecule has 0 fully saturated rings. The Morgan fingerprint density at radius 3 is 2.61 bits per heavy atom. The van der Waals surface area contributed by atoms with E-state index in [0.717, 1.165) is 35.6 Å². The van der Waals surface area contributed by atoms with E-state index in [-0.39, 0.29) is 11.9 Å². The number of nitrogens with zero attached hydrogens (tertiary/aromatic N) is 4. The third-order valence-corrected chi connectivity index (χ3v) is 5.73. The predicted octanol–water partition coefficient (Wildman–Crippen LogP) is 4.16. The summed E-state index contributed by atoms with van der Waals surface area (Å²) in [6.45, 7) is 4.83. The zero-order valence-corrected chi connectivity index (χ0v) is 17.9. The molecule has 4 rings (SSSR count). The Morgan fingerprint density at radius 2 is 1.90 bits per heavy atom. The van der Waals surface area contributed by atoms with Gasteiger partial charge < -0.3 is 9.64 Å². The van der Waals surface area contributed by atoms with E-state index in [1.165, 1.54) is 13.2 Å². The molecule has 2 heterocycles. The minimum Gasteiger partial charge on any atom is -0.453 e. The number of methoxy groups -OCH3 is 1. The van der Waals surface area contributed by atoms with Crippen molar-refractivity contribution in [2.45, 2.75) is 33.0 Å². The van der Waals surface area contributed by atoms with Gasteiger partial charge in [0.25, 0.3) is 0 Å². The topological polar surface area (TPSA) is 50.6 Å². The predicted molar refractivity (Wildman–Crippen MR) is 116 cm³/mol. The van der Waals surface area contributed by atoms with Crippen LogP contribution in [0.1, 0.15) is 29.4 Å². The minimum atomic E-state index is -0.371. The molecule has 0 bridgehead atoms. The molecule has 1 aliphatic rings. The smallest absolute Gasteiger partial charge is 0.409 e. The Morgan fingerprint density at radius 1 is 1.16 bits per heavy atom. The van der Waals surface area contributed by atoms with E-state index in [9.17, 15) is 9.18 Å². The van der Waals surface area contributed by atoms with Crippen LogP contribution in [0.5, 0.6) is 0 Å². The summed E-state index contributed by atoms with van der Waals surface area (Å²) >= 11 is 0. The fourth-order valence-electron chi connectivity index (χ4n) is 4.07. The third-order valence-electron chi connectivity index (χ3n) is 5.73. The number of ether oxygens (including phenoxy) is 1. The number of benzene rings is 2. The molecule has 0 N–H and O–H groups in total. The summed E-state index contributed by atoms with van der Waals surface area (Å²) in [6, 6.07) is 16.9. The number of aromatic nitrogens is 2. The Balaban J connectivity index is 1.67. The van der Waals surface area contributed by atoms with Gasteiger partial charge in [0.05, 0.1) is 30.7 Å². The van der Waals surface area contributed by atoms with E-state index >= 15 is 0 Å². The van der Waals surface area contributed by atoms with Crippen molar-refractivity contribution < 1.29 is 13.9 Å². The van der Waals surface area contributed by atoms with Crippen molar-refractivity contribution in [3.8, 4) is 5.69 Å². The Bertz CT molecular complexity index is 1050.